The molecule has 2 aliphatic carbocycles. The van der Waals surface area contributed by atoms with Crippen LogP contribution in [0, 0.1) is 27.9 Å². The Morgan fingerprint density at radius 2 is 1.76 bits per heavy atom. The Morgan fingerprint density at radius 1 is 0.985 bits per heavy atom. The highest BCUT2D eigenvalue weighted by Crippen LogP contribution is 2.62. The molecule has 1 saturated carbocycles. The van der Waals surface area contributed by atoms with Gasteiger partial charge in [0.1, 0.15) is 30.8 Å². The number of unbranched alkanes of at least 4 members (excludes halogenated alkanes) is 2. The molecule has 3 aromatic carbocycles. The minimum absolute atomic E-state index is 0.00510. The third-order valence-electron chi connectivity index (χ3n) is 12.2. The van der Waals surface area contributed by atoms with Crippen molar-refractivity contribution in [1.29, 1.82) is 0 Å². The lowest BCUT2D eigenvalue weighted by Gasteiger charge is -2.59. The number of ether oxygens (including phenoxy) is 5. The maximum absolute atomic E-state index is 14.3. The van der Waals surface area contributed by atoms with E-state index >= 15 is 0 Å². The number of aliphatic hydroxyl groups is 3. The van der Waals surface area contributed by atoms with Crippen LogP contribution in [0.1, 0.15) is 62.0 Å². The van der Waals surface area contributed by atoms with Crippen molar-refractivity contribution >= 4 is 40.9 Å². The number of non-ortho nitro benzene ring substituents is 1. The van der Waals surface area contributed by atoms with Crippen LogP contribution in [0.15, 0.2) is 107 Å². The summed E-state index contributed by atoms with van der Waals surface area (Å²) in [5.74, 6) is -0.432. The molecule has 0 bridgehead atoms. The van der Waals surface area contributed by atoms with E-state index in [9.17, 15) is 30.2 Å². The van der Waals surface area contributed by atoms with Crippen LogP contribution >= 0.6 is 23.4 Å². The number of benzene rings is 3. The molecule has 0 aromatic heterocycles. The number of rotatable bonds is 28. The molecule has 1 heterocycles. The van der Waals surface area contributed by atoms with Crippen molar-refractivity contribution in [2.45, 2.75) is 74.2 Å². The second-order valence-electron chi connectivity index (χ2n) is 16.3. The minimum Gasteiger partial charge on any atom is -0.493 e. The van der Waals surface area contributed by atoms with Gasteiger partial charge in [0.05, 0.1) is 55.5 Å². The fraction of sp³-hybridized carbons (Fsp3) is 0.510. The lowest BCUT2D eigenvalue weighted by atomic mass is 9.55. The molecule has 0 spiro atoms. The molecule has 3 aromatic rings. The number of hydrogen-bond acceptors (Lipinski definition) is 14. The molecule has 6 atom stereocenters. The predicted molar refractivity (Wildman–Crippen MR) is 252 cm³/mol. The Balaban J connectivity index is 1.51. The lowest BCUT2D eigenvalue weighted by molar-refractivity contribution is -0.384. The van der Waals surface area contributed by atoms with Crippen molar-refractivity contribution in [2.75, 3.05) is 71.0 Å². The molecule has 66 heavy (non-hydrogen) atoms. The minimum atomic E-state index is -1.55. The van der Waals surface area contributed by atoms with Crippen LogP contribution in [0.3, 0.4) is 0 Å². The van der Waals surface area contributed by atoms with E-state index in [0.717, 1.165) is 47.5 Å². The van der Waals surface area contributed by atoms with Gasteiger partial charge in [0.15, 0.2) is 0 Å². The molecule has 17 heteroatoms. The van der Waals surface area contributed by atoms with Crippen molar-refractivity contribution in [3.63, 3.8) is 0 Å². The van der Waals surface area contributed by atoms with Crippen LogP contribution in [0.5, 0.6) is 11.5 Å². The highest BCUT2D eigenvalue weighted by atomic mass is 35.5. The standard InChI is InChI=1S/C49H62ClN3O12S/c1-2-25-63-49-45(52(21-27-60-28-24-56)48(57)62-26-20-50)33-43(51-64-34-35-14-16-37(17-15-35)53(58)59)41-31-36(10-6-8-22-54)40(13-7-9-23-55)46(47(41)49)42-32-38(18-19-44(42)65-49)61-29-30-66-39-11-4-3-5-12-39/h2-5,11-12,14-19,31-32,36,40,45-47,54-56H,1,6-10,13,20-30,33-34H2. The first-order valence-electron chi connectivity index (χ1n) is 22.7. The number of aliphatic hydroxyl groups excluding tert-OH is 3. The van der Waals surface area contributed by atoms with Gasteiger partial charge < -0.3 is 43.8 Å². The van der Waals surface area contributed by atoms with Gasteiger partial charge in [0, 0.05) is 60.4 Å². The van der Waals surface area contributed by atoms with Crippen molar-refractivity contribution in [3.05, 3.63) is 118 Å². The third-order valence-corrected chi connectivity index (χ3v) is 13.3. The zero-order chi connectivity index (χ0) is 46.7. The summed E-state index contributed by atoms with van der Waals surface area (Å²) in [6.07, 6.45) is 7.56. The molecule has 1 aliphatic heterocycles. The van der Waals surface area contributed by atoms with Crippen molar-refractivity contribution in [3.8, 4) is 11.5 Å². The van der Waals surface area contributed by atoms with E-state index in [1.165, 1.54) is 17.0 Å². The number of allylic oxidation sites excluding steroid dienone is 1. The normalized spacial score (nSPS) is 22.3. The van der Waals surface area contributed by atoms with E-state index in [1.807, 2.05) is 30.3 Å². The molecule has 0 saturated heterocycles. The van der Waals surface area contributed by atoms with Gasteiger partial charge in [-0.2, -0.15) is 0 Å². The van der Waals surface area contributed by atoms with E-state index in [0.29, 0.717) is 42.2 Å². The Kier molecular flexibility index (Phi) is 20.0. The van der Waals surface area contributed by atoms with Crippen molar-refractivity contribution in [2.24, 2.45) is 22.9 Å². The second kappa shape index (κ2) is 26.0. The number of carbonyl (C=O) groups excluding carboxylic acids is 1. The zero-order valence-corrected chi connectivity index (χ0v) is 38.8. The average Bonchev–Trinajstić information content (AvgIpc) is 3.33. The fourth-order valence-corrected chi connectivity index (χ4v) is 10.2. The van der Waals surface area contributed by atoms with Crippen molar-refractivity contribution < 1.29 is 53.6 Å². The molecule has 15 nitrogen and oxygen atoms in total. The van der Waals surface area contributed by atoms with Crippen LogP contribution in [0.4, 0.5) is 10.5 Å². The lowest BCUT2D eigenvalue weighted by Crippen LogP contribution is -2.70. The maximum Gasteiger partial charge on any atom is 0.410 e. The Hall–Kier alpha value is -4.68. The first-order valence-corrected chi connectivity index (χ1v) is 24.2. The smallest absolute Gasteiger partial charge is 0.410 e. The summed E-state index contributed by atoms with van der Waals surface area (Å²) in [4.78, 5) is 34.1. The summed E-state index contributed by atoms with van der Waals surface area (Å²) in [6.45, 7) is 4.51. The topological polar surface area (TPSA) is 192 Å². The maximum atomic E-state index is 14.3. The summed E-state index contributed by atoms with van der Waals surface area (Å²) in [5.41, 5.74) is 2.92. The highest BCUT2D eigenvalue weighted by molar-refractivity contribution is 7.99. The summed E-state index contributed by atoms with van der Waals surface area (Å²) < 4.78 is 32.2. The quantitative estimate of drug-likeness (QED) is 0.0158. The van der Waals surface area contributed by atoms with Gasteiger partial charge in [-0.3, -0.25) is 15.0 Å². The largest absolute Gasteiger partial charge is 0.493 e. The molecule has 3 aliphatic rings. The number of carbonyl (C=O) groups is 1. The van der Waals surface area contributed by atoms with E-state index in [4.69, 9.17) is 45.3 Å². The van der Waals surface area contributed by atoms with Gasteiger partial charge in [-0.05, 0) is 91.1 Å². The van der Waals surface area contributed by atoms with Gasteiger partial charge in [0.25, 0.3) is 5.69 Å². The van der Waals surface area contributed by atoms with Gasteiger partial charge in [-0.15, -0.1) is 29.9 Å². The highest BCUT2D eigenvalue weighted by Gasteiger charge is 2.65. The first-order chi connectivity index (χ1) is 32.3. The van der Waals surface area contributed by atoms with E-state index < -0.39 is 28.8 Å². The van der Waals surface area contributed by atoms with Crippen LogP contribution < -0.4 is 9.47 Å². The number of nitrogens with zero attached hydrogens (tertiary/aromatic N) is 3. The van der Waals surface area contributed by atoms with Gasteiger partial charge in [-0.25, -0.2) is 4.79 Å². The summed E-state index contributed by atoms with van der Waals surface area (Å²) in [5, 5.41) is 45.6. The second-order valence-corrected chi connectivity index (χ2v) is 17.9. The number of oxime groups is 1. The number of amides is 1. The molecule has 1 amide bonds. The number of hydrogen-bond donors (Lipinski definition) is 3. The number of fused-ring (bicyclic) bond motifs is 2. The summed E-state index contributed by atoms with van der Waals surface area (Å²) in [7, 11) is 0. The molecule has 3 N–H and O–H groups in total. The Morgan fingerprint density at radius 3 is 2.47 bits per heavy atom. The molecular formula is C49H62ClN3O12S. The monoisotopic (exact) mass is 951 g/mol. The number of alkyl halides is 1. The van der Waals surface area contributed by atoms with Crippen LogP contribution in [0.25, 0.3) is 0 Å². The molecule has 6 unspecified atom stereocenters. The van der Waals surface area contributed by atoms with Gasteiger partial charge in [0.2, 0.25) is 5.79 Å². The van der Waals surface area contributed by atoms with Crippen LogP contribution in [-0.4, -0.2) is 120 Å². The van der Waals surface area contributed by atoms with E-state index in [1.54, 1.807) is 30.0 Å². The number of nitro benzene ring substituents is 1. The van der Waals surface area contributed by atoms with E-state index in [2.05, 4.69) is 30.9 Å². The van der Waals surface area contributed by atoms with Gasteiger partial charge in [-0.1, -0.05) is 48.3 Å². The zero-order valence-electron chi connectivity index (χ0n) is 37.3. The Labute approximate surface area is 395 Å². The molecule has 1 fully saturated rings. The van der Waals surface area contributed by atoms with Gasteiger partial charge >= 0.3 is 6.09 Å². The van der Waals surface area contributed by atoms with Crippen LogP contribution in [-0.2, 0) is 25.7 Å². The molecule has 0 radical (unpaired) electrons. The molecular weight excluding hydrogens is 890 g/mol. The molecule has 358 valence electrons. The number of thioether (sulfide) groups is 1. The van der Waals surface area contributed by atoms with E-state index in [-0.39, 0.29) is 95.1 Å². The van der Waals surface area contributed by atoms with Crippen LogP contribution in [0.2, 0.25) is 0 Å². The third kappa shape index (κ3) is 12.8. The SMILES string of the molecule is C=CCOC12Oc3ccc(OCCSc4ccccc4)cc3C3C(CCCCO)C(CCCCO)C=C(C(=NOCc4ccc([N+](=O)[O-])cc4)CC1N(CCOCCO)C(=O)OCCCl)C32. The fourth-order valence-electron chi connectivity index (χ4n) is 9.39. The summed E-state index contributed by atoms with van der Waals surface area (Å²) in [6, 6.07) is 21.2. The number of halogens is 1. The number of nitro groups is 1. The summed E-state index contributed by atoms with van der Waals surface area (Å²) >= 11 is 7.75. The predicted octanol–water partition coefficient (Wildman–Crippen LogP) is 8.29. The first kappa shape index (κ1) is 50.7. The van der Waals surface area contributed by atoms with Crippen molar-refractivity contribution in [1.82, 2.24) is 4.90 Å². The average molecular weight is 953 g/mol. The Bertz CT molecular complexity index is 2080. The molecule has 6 rings (SSSR count).